The first-order valence-corrected chi connectivity index (χ1v) is 13.4. The Kier molecular flexibility index (Phi) is 7.05. The van der Waals surface area contributed by atoms with Crippen molar-refractivity contribution in [3.8, 4) is 56.7 Å². The van der Waals surface area contributed by atoms with E-state index in [-0.39, 0.29) is 6.61 Å². The average Bonchev–Trinajstić information content (AvgIpc) is 3.75. The van der Waals surface area contributed by atoms with Crippen LogP contribution in [0.2, 0.25) is 0 Å². The van der Waals surface area contributed by atoms with Crippen molar-refractivity contribution < 1.29 is 28.0 Å². The van der Waals surface area contributed by atoms with Crippen molar-refractivity contribution in [2.45, 2.75) is 6.61 Å². The van der Waals surface area contributed by atoms with Crippen molar-refractivity contribution in [1.82, 2.24) is 25.3 Å². The molecule has 0 unspecified atom stereocenters. The van der Waals surface area contributed by atoms with Crippen LogP contribution in [0, 0.1) is 0 Å². The number of hydrogen-bond donors (Lipinski definition) is 0. The summed E-state index contributed by atoms with van der Waals surface area (Å²) in [5.41, 5.74) is 2.23. The van der Waals surface area contributed by atoms with Crippen LogP contribution in [0.4, 0.5) is 0 Å². The Balaban J connectivity index is 1.19. The number of nitrogens with zero attached hydrogens (tertiary/aromatic N) is 5. The summed E-state index contributed by atoms with van der Waals surface area (Å²) < 4.78 is 34.9. The van der Waals surface area contributed by atoms with Gasteiger partial charge < -0.3 is 28.0 Å². The fraction of sp³-hybridized carbons (Fsp3) is 0.148. The fourth-order valence-corrected chi connectivity index (χ4v) is 5.08. The molecule has 0 aliphatic carbocycles. The van der Waals surface area contributed by atoms with E-state index < -0.39 is 0 Å². The molecule has 0 aliphatic heterocycles. The number of rotatable bonds is 9. The summed E-state index contributed by atoms with van der Waals surface area (Å²) in [6.45, 7) is 0.153. The molecule has 0 N–H and O–H groups in total. The zero-order chi connectivity index (χ0) is 27.6. The van der Waals surface area contributed by atoms with Crippen LogP contribution in [0.5, 0.6) is 23.0 Å². The van der Waals surface area contributed by atoms with Gasteiger partial charge in [-0.05, 0) is 54.6 Å². The van der Waals surface area contributed by atoms with Crippen molar-refractivity contribution >= 4 is 37.5 Å². The average molecular weight is 622 g/mol. The minimum absolute atomic E-state index is 0.153. The molecule has 0 spiro atoms. The smallest absolute Gasteiger partial charge is 0.258 e. The lowest BCUT2D eigenvalue weighted by Gasteiger charge is -2.12. The summed E-state index contributed by atoms with van der Waals surface area (Å²) in [6, 6.07) is 16.7. The fourth-order valence-electron chi connectivity index (χ4n) is 3.89. The van der Waals surface area contributed by atoms with Crippen molar-refractivity contribution in [3.05, 3.63) is 64.9 Å². The van der Waals surface area contributed by atoms with Crippen LogP contribution >= 0.6 is 27.3 Å². The van der Waals surface area contributed by atoms with E-state index in [4.69, 9.17) is 28.0 Å². The predicted molar refractivity (Wildman–Crippen MR) is 150 cm³/mol. The molecule has 40 heavy (non-hydrogen) atoms. The van der Waals surface area contributed by atoms with Crippen LogP contribution in [-0.4, -0.2) is 46.6 Å². The topological polar surface area (TPSA) is 128 Å². The quantitative estimate of drug-likeness (QED) is 0.177. The first kappa shape index (κ1) is 25.8. The van der Waals surface area contributed by atoms with E-state index in [1.165, 1.54) is 11.3 Å². The first-order valence-electron chi connectivity index (χ1n) is 11.8. The highest BCUT2D eigenvalue weighted by atomic mass is 79.9. The van der Waals surface area contributed by atoms with Crippen molar-refractivity contribution in [2.24, 2.45) is 0 Å². The number of hydrogen-bond acceptors (Lipinski definition) is 12. The zero-order valence-electron chi connectivity index (χ0n) is 21.4. The molecule has 3 heterocycles. The van der Waals surface area contributed by atoms with E-state index in [1.807, 2.05) is 42.5 Å². The molecule has 6 aromatic rings. The Bertz CT molecular complexity index is 1770. The van der Waals surface area contributed by atoms with Crippen molar-refractivity contribution in [1.29, 1.82) is 0 Å². The van der Waals surface area contributed by atoms with Crippen LogP contribution in [0.15, 0.2) is 68.1 Å². The minimum Gasteiger partial charge on any atom is -0.493 e. The highest BCUT2D eigenvalue weighted by Gasteiger charge is 2.20. The molecule has 0 atom stereocenters. The Morgan fingerprint density at radius 3 is 2.23 bits per heavy atom. The summed E-state index contributed by atoms with van der Waals surface area (Å²) in [4.78, 5) is 13.6. The standard InChI is InChI=1S/C27H20BrN5O6S/c1-34-19-10-15(11-20(35-2)23(19)36-3)26-31-24(33-39-26)27-29-18-9-8-17(12-21(18)40-27)37-13-22-30-25(38-32-22)14-4-6-16(28)7-5-14/h4-12H,13H2,1-3H3. The number of aromatic nitrogens is 5. The maximum Gasteiger partial charge on any atom is 0.258 e. The van der Waals surface area contributed by atoms with Crippen LogP contribution in [0.1, 0.15) is 5.82 Å². The molecule has 6 rings (SSSR count). The Morgan fingerprint density at radius 2 is 1.50 bits per heavy atom. The number of benzene rings is 3. The van der Waals surface area contributed by atoms with E-state index in [1.54, 1.807) is 33.5 Å². The second kappa shape index (κ2) is 10.9. The van der Waals surface area contributed by atoms with Gasteiger partial charge in [-0.25, -0.2) is 4.98 Å². The second-order valence-electron chi connectivity index (χ2n) is 8.30. The van der Waals surface area contributed by atoms with Crippen LogP contribution in [-0.2, 0) is 6.61 Å². The van der Waals surface area contributed by atoms with Crippen molar-refractivity contribution in [2.75, 3.05) is 21.3 Å². The molecular weight excluding hydrogens is 602 g/mol. The van der Waals surface area contributed by atoms with E-state index in [2.05, 4.69) is 41.2 Å². The Labute approximate surface area is 239 Å². The van der Waals surface area contributed by atoms with Gasteiger partial charge in [0.25, 0.3) is 11.8 Å². The molecule has 3 aromatic heterocycles. The summed E-state index contributed by atoms with van der Waals surface area (Å²) in [5.74, 6) is 3.60. The maximum absolute atomic E-state index is 5.91. The highest BCUT2D eigenvalue weighted by Crippen LogP contribution is 2.41. The molecule has 0 saturated heterocycles. The van der Waals surface area contributed by atoms with Crippen molar-refractivity contribution in [3.63, 3.8) is 0 Å². The van der Waals surface area contributed by atoms with Gasteiger partial charge in [0.1, 0.15) is 5.75 Å². The van der Waals surface area contributed by atoms with Gasteiger partial charge in [0.2, 0.25) is 17.4 Å². The Morgan fingerprint density at radius 1 is 0.775 bits per heavy atom. The number of methoxy groups -OCH3 is 3. The van der Waals surface area contributed by atoms with Gasteiger partial charge in [-0.3, -0.25) is 0 Å². The lowest BCUT2D eigenvalue weighted by molar-refractivity contribution is 0.287. The zero-order valence-corrected chi connectivity index (χ0v) is 23.8. The van der Waals surface area contributed by atoms with Gasteiger partial charge in [-0.15, -0.1) is 11.3 Å². The lowest BCUT2D eigenvalue weighted by Crippen LogP contribution is -1.97. The van der Waals surface area contributed by atoms with Gasteiger partial charge in [-0.2, -0.15) is 9.97 Å². The van der Waals surface area contributed by atoms with E-state index in [9.17, 15) is 0 Å². The van der Waals surface area contributed by atoms with Crippen LogP contribution < -0.4 is 18.9 Å². The number of thiazole rings is 1. The van der Waals surface area contributed by atoms with Crippen LogP contribution in [0.3, 0.4) is 0 Å². The van der Waals surface area contributed by atoms with Gasteiger partial charge >= 0.3 is 0 Å². The lowest BCUT2D eigenvalue weighted by atomic mass is 10.2. The van der Waals surface area contributed by atoms with Gasteiger partial charge in [-0.1, -0.05) is 26.2 Å². The predicted octanol–water partition coefficient (Wildman–Crippen LogP) is 6.43. The Hall–Kier alpha value is -4.49. The third-order valence-corrected chi connectivity index (χ3v) is 7.36. The molecule has 0 fully saturated rings. The largest absolute Gasteiger partial charge is 0.493 e. The summed E-state index contributed by atoms with van der Waals surface area (Å²) in [7, 11) is 4.63. The number of ether oxygens (including phenoxy) is 4. The molecule has 0 aliphatic rings. The van der Waals surface area contributed by atoms with Gasteiger partial charge in [0, 0.05) is 15.6 Å². The summed E-state index contributed by atoms with van der Waals surface area (Å²) >= 11 is 4.84. The molecule has 0 saturated carbocycles. The SMILES string of the molecule is COc1cc(-c2nc(-c3nc4ccc(OCc5noc(-c6ccc(Br)cc6)n5)cc4s3)no2)cc(OC)c1OC. The van der Waals surface area contributed by atoms with E-state index in [0.29, 0.717) is 57.0 Å². The summed E-state index contributed by atoms with van der Waals surface area (Å²) in [6.07, 6.45) is 0. The monoisotopic (exact) mass is 621 g/mol. The van der Waals surface area contributed by atoms with E-state index in [0.717, 1.165) is 20.3 Å². The highest BCUT2D eigenvalue weighted by molar-refractivity contribution is 9.10. The molecule has 13 heteroatoms. The molecule has 11 nitrogen and oxygen atoms in total. The third kappa shape index (κ3) is 5.08. The van der Waals surface area contributed by atoms with E-state index >= 15 is 0 Å². The number of fused-ring (bicyclic) bond motifs is 1. The van der Waals surface area contributed by atoms with Gasteiger partial charge in [0.15, 0.2) is 23.1 Å². The molecule has 3 aromatic carbocycles. The number of halogens is 1. The van der Waals surface area contributed by atoms with Crippen LogP contribution in [0.25, 0.3) is 44.0 Å². The normalized spacial score (nSPS) is 11.1. The molecule has 202 valence electrons. The second-order valence-corrected chi connectivity index (χ2v) is 10.2. The molecule has 0 amide bonds. The summed E-state index contributed by atoms with van der Waals surface area (Å²) in [5, 5.41) is 8.75. The minimum atomic E-state index is 0.153. The molecular formula is C27H20BrN5O6S. The molecule has 0 bridgehead atoms. The molecule has 0 radical (unpaired) electrons. The van der Waals surface area contributed by atoms with Gasteiger partial charge in [0.05, 0.1) is 31.5 Å². The third-order valence-electron chi connectivity index (χ3n) is 5.82. The maximum atomic E-state index is 5.91. The first-order chi connectivity index (χ1) is 19.5.